The van der Waals surface area contributed by atoms with Crippen molar-refractivity contribution in [1.82, 2.24) is 9.97 Å². The third-order valence-electron chi connectivity index (χ3n) is 2.99. The molecule has 0 aliphatic heterocycles. The summed E-state index contributed by atoms with van der Waals surface area (Å²) in [5.41, 5.74) is 2.63. The van der Waals surface area contributed by atoms with Crippen molar-refractivity contribution in [2.75, 3.05) is 5.32 Å². The second-order valence-corrected chi connectivity index (χ2v) is 4.42. The van der Waals surface area contributed by atoms with E-state index in [0.717, 1.165) is 16.5 Å². The SMILES string of the molecule is Cc1ccnc(NC(=O)c2c[nH]c3ccccc23)c1. The van der Waals surface area contributed by atoms with Crippen LogP contribution in [-0.2, 0) is 0 Å². The van der Waals surface area contributed by atoms with E-state index >= 15 is 0 Å². The molecule has 19 heavy (non-hydrogen) atoms. The van der Waals surface area contributed by atoms with Gasteiger partial charge in [0.2, 0.25) is 0 Å². The Morgan fingerprint density at radius 3 is 2.95 bits per heavy atom. The fraction of sp³-hybridized carbons (Fsp3) is 0.0667. The van der Waals surface area contributed by atoms with E-state index in [1.165, 1.54) is 0 Å². The molecular formula is C15H13N3O. The maximum atomic E-state index is 12.2. The van der Waals surface area contributed by atoms with Gasteiger partial charge in [-0.15, -0.1) is 0 Å². The molecule has 94 valence electrons. The Kier molecular flexibility index (Phi) is 2.76. The minimum absolute atomic E-state index is 0.157. The molecule has 0 atom stereocenters. The molecule has 0 radical (unpaired) electrons. The van der Waals surface area contributed by atoms with Crippen LogP contribution in [0.5, 0.6) is 0 Å². The number of pyridine rings is 1. The Bertz CT molecular complexity index is 746. The van der Waals surface area contributed by atoms with Gasteiger partial charge in [-0.05, 0) is 30.7 Å². The molecule has 1 amide bonds. The second-order valence-electron chi connectivity index (χ2n) is 4.42. The molecule has 1 aromatic carbocycles. The van der Waals surface area contributed by atoms with Gasteiger partial charge in [-0.2, -0.15) is 0 Å². The molecule has 0 spiro atoms. The van der Waals surface area contributed by atoms with Crippen molar-refractivity contribution in [2.24, 2.45) is 0 Å². The number of anilines is 1. The summed E-state index contributed by atoms with van der Waals surface area (Å²) in [6.45, 7) is 1.96. The highest BCUT2D eigenvalue weighted by atomic mass is 16.1. The summed E-state index contributed by atoms with van der Waals surface area (Å²) in [5, 5.41) is 3.72. The zero-order valence-corrected chi connectivity index (χ0v) is 10.5. The lowest BCUT2D eigenvalue weighted by Crippen LogP contribution is -2.12. The maximum Gasteiger partial charge on any atom is 0.258 e. The molecule has 0 unspecified atom stereocenters. The Morgan fingerprint density at radius 2 is 2.11 bits per heavy atom. The Balaban J connectivity index is 1.92. The first-order chi connectivity index (χ1) is 9.24. The number of carbonyl (C=O) groups is 1. The van der Waals surface area contributed by atoms with Crippen molar-refractivity contribution in [3.8, 4) is 0 Å². The number of H-pyrrole nitrogens is 1. The van der Waals surface area contributed by atoms with Gasteiger partial charge in [0.1, 0.15) is 5.82 Å². The van der Waals surface area contributed by atoms with Gasteiger partial charge < -0.3 is 10.3 Å². The second kappa shape index (κ2) is 4.57. The number of aryl methyl sites for hydroxylation is 1. The van der Waals surface area contributed by atoms with E-state index in [9.17, 15) is 4.79 Å². The molecule has 0 bridgehead atoms. The third kappa shape index (κ3) is 2.20. The van der Waals surface area contributed by atoms with E-state index in [-0.39, 0.29) is 5.91 Å². The Morgan fingerprint density at radius 1 is 1.26 bits per heavy atom. The summed E-state index contributed by atoms with van der Waals surface area (Å²) >= 11 is 0. The van der Waals surface area contributed by atoms with E-state index in [2.05, 4.69) is 15.3 Å². The van der Waals surface area contributed by atoms with Gasteiger partial charge in [-0.25, -0.2) is 4.98 Å². The van der Waals surface area contributed by atoms with Crippen LogP contribution >= 0.6 is 0 Å². The predicted molar refractivity (Wildman–Crippen MR) is 75.2 cm³/mol. The zero-order valence-electron chi connectivity index (χ0n) is 10.5. The molecule has 0 aliphatic carbocycles. The molecule has 2 heterocycles. The first kappa shape index (κ1) is 11.5. The van der Waals surface area contributed by atoms with Gasteiger partial charge in [0.25, 0.3) is 5.91 Å². The number of rotatable bonds is 2. The van der Waals surface area contributed by atoms with E-state index < -0.39 is 0 Å². The van der Waals surface area contributed by atoms with Crippen LogP contribution in [0, 0.1) is 6.92 Å². The lowest BCUT2D eigenvalue weighted by Gasteiger charge is -2.04. The van der Waals surface area contributed by atoms with E-state index in [1.807, 2.05) is 43.3 Å². The van der Waals surface area contributed by atoms with Gasteiger partial charge in [0.05, 0.1) is 5.56 Å². The molecule has 2 aromatic heterocycles. The highest BCUT2D eigenvalue weighted by Gasteiger charge is 2.12. The fourth-order valence-corrected chi connectivity index (χ4v) is 2.05. The fourth-order valence-electron chi connectivity index (χ4n) is 2.05. The molecule has 4 nitrogen and oxygen atoms in total. The molecule has 0 fully saturated rings. The quantitative estimate of drug-likeness (QED) is 0.735. The van der Waals surface area contributed by atoms with Crippen molar-refractivity contribution in [3.63, 3.8) is 0 Å². The lowest BCUT2D eigenvalue weighted by molar-refractivity contribution is 0.102. The summed E-state index contributed by atoms with van der Waals surface area (Å²) in [7, 11) is 0. The summed E-state index contributed by atoms with van der Waals surface area (Å²) in [6.07, 6.45) is 3.40. The predicted octanol–water partition coefficient (Wildman–Crippen LogP) is 3.12. The van der Waals surface area contributed by atoms with Crippen LogP contribution in [0.4, 0.5) is 5.82 Å². The Hall–Kier alpha value is -2.62. The zero-order chi connectivity index (χ0) is 13.2. The number of carbonyl (C=O) groups excluding carboxylic acids is 1. The van der Waals surface area contributed by atoms with Gasteiger partial charge in [-0.3, -0.25) is 4.79 Å². The topological polar surface area (TPSA) is 57.8 Å². The lowest BCUT2D eigenvalue weighted by atomic mass is 10.1. The monoisotopic (exact) mass is 251 g/mol. The molecule has 0 aliphatic rings. The van der Waals surface area contributed by atoms with Crippen LogP contribution in [-0.4, -0.2) is 15.9 Å². The van der Waals surface area contributed by atoms with Gasteiger partial charge >= 0.3 is 0 Å². The third-order valence-corrected chi connectivity index (χ3v) is 2.99. The highest BCUT2D eigenvalue weighted by Crippen LogP contribution is 2.18. The number of hydrogen-bond donors (Lipinski definition) is 2. The number of aromatic amines is 1. The Labute approximate surface area is 110 Å². The van der Waals surface area contributed by atoms with Crippen LogP contribution in [0.15, 0.2) is 48.8 Å². The number of para-hydroxylation sites is 1. The molecule has 3 aromatic rings. The molecule has 3 rings (SSSR count). The largest absolute Gasteiger partial charge is 0.360 e. The number of nitrogens with zero attached hydrogens (tertiary/aromatic N) is 1. The van der Waals surface area contributed by atoms with Crippen molar-refractivity contribution < 1.29 is 4.79 Å². The highest BCUT2D eigenvalue weighted by molar-refractivity contribution is 6.12. The van der Waals surface area contributed by atoms with Crippen LogP contribution in [0.25, 0.3) is 10.9 Å². The summed E-state index contributed by atoms with van der Waals surface area (Å²) in [4.78, 5) is 19.4. The number of hydrogen-bond acceptors (Lipinski definition) is 2. The first-order valence-corrected chi connectivity index (χ1v) is 6.04. The number of aromatic nitrogens is 2. The van der Waals surface area contributed by atoms with Crippen molar-refractivity contribution in [2.45, 2.75) is 6.92 Å². The van der Waals surface area contributed by atoms with Crippen LogP contribution in [0.3, 0.4) is 0 Å². The van der Waals surface area contributed by atoms with E-state index in [4.69, 9.17) is 0 Å². The van der Waals surface area contributed by atoms with Gasteiger partial charge in [0.15, 0.2) is 0 Å². The molecule has 0 saturated heterocycles. The number of benzene rings is 1. The van der Waals surface area contributed by atoms with Gasteiger partial charge in [0, 0.05) is 23.3 Å². The van der Waals surface area contributed by atoms with Crippen molar-refractivity contribution >= 4 is 22.6 Å². The van der Waals surface area contributed by atoms with Gasteiger partial charge in [-0.1, -0.05) is 18.2 Å². The summed E-state index contributed by atoms with van der Waals surface area (Å²) in [5.74, 6) is 0.408. The standard InChI is InChI=1S/C15H13N3O/c1-10-6-7-16-14(8-10)18-15(19)12-9-17-13-5-3-2-4-11(12)13/h2-9,17H,1H3,(H,16,18,19). The molecule has 2 N–H and O–H groups in total. The number of amides is 1. The minimum Gasteiger partial charge on any atom is -0.360 e. The summed E-state index contributed by atoms with van der Waals surface area (Å²) in [6, 6.07) is 11.4. The molecular weight excluding hydrogens is 238 g/mol. The molecule has 0 saturated carbocycles. The van der Waals surface area contributed by atoms with Crippen LogP contribution in [0.1, 0.15) is 15.9 Å². The van der Waals surface area contributed by atoms with Crippen molar-refractivity contribution in [3.05, 3.63) is 59.9 Å². The van der Waals surface area contributed by atoms with E-state index in [1.54, 1.807) is 12.4 Å². The van der Waals surface area contributed by atoms with E-state index in [0.29, 0.717) is 11.4 Å². The molecule has 4 heteroatoms. The minimum atomic E-state index is -0.157. The summed E-state index contributed by atoms with van der Waals surface area (Å²) < 4.78 is 0. The van der Waals surface area contributed by atoms with Crippen LogP contribution < -0.4 is 5.32 Å². The smallest absolute Gasteiger partial charge is 0.258 e. The first-order valence-electron chi connectivity index (χ1n) is 6.04. The average Bonchev–Trinajstić information content (AvgIpc) is 2.82. The van der Waals surface area contributed by atoms with Crippen molar-refractivity contribution in [1.29, 1.82) is 0 Å². The normalized spacial score (nSPS) is 10.6. The number of nitrogens with one attached hydrogen (secondary N) is 2. The van der Waals surface area contributed by atoms with Crippen LogP contribution in [0.2, 0.25) is 0 Å². The average molecular weight is 251 g/mol. The maximum absolute atomic E-state index is 12.2. The number of fused-ring (bicyclic) bond motifs is 1.